The zero-order valence-electron chi connectivity index (χ0n) is 13.6. The standard InChI is InChI=1S/C20H17Cl2N3/c1-3-11-25(12-4-2)20-16-7-5-6-8-18(16)23-19(24-20)15-10-9-14(21)13-17(15)22/h3-10,13H,1-2,11-12H2. The predicted octanol–water partition coefficient (Wildman–Crippen LogP) is 5.78. The molecular formula is C20H17Cl2N3. The van der Waals surface area contributed by atoms with E-state index < -0.39 is 0 Å². The van der Waals surface area contributed by atoms with Gasteiger partial charge in [0.2, 0.25) is 0 Å². The molecule has 3 aromatic rings. The maximum atomic E-state index is 6.36. The Kier molecular flexibility index (Phi) is 5.37. The Morgan fingerprint density at radius 2 is 1.68 bits per heavy atom. The number of aromatic nitrogens is 2. The van der Waals surface area contributed by atoms with Crippen LogP contribution in [0, 0.1) is 0 Å². The molecule has 3 rings (SSSR count). The Hall–Kier alpha value is -2.36. The van der Waals surface area contributed by atoms with Crippen molar-refractivity contribution in [3.63, 3.8) is 0 Å². The van der Waals surface area contributed by atoms with Crippen LogP contribution in [0.4, 0.5) is 5.82 Å². The van der Waals surface area contributed by atoms with Gasteiger partial charge in [0.25, 0.3) is 0 Å². The SMILES string of the molecule is C=CCN(CC=C)c1nc(-c2ccc(Cl)cc2Cl)nc2ccccc12. The van der Waals surface area contributed by atoms with Crippen LogP contribution in [0.25, 0.3) is 22.3 Å². The van der Waals surface area contributed by atoms with Crippen molar-refractivity contribution in [3.8, 4) is 11.4 Å². The van der Waals surface area contributed by atoms with Crippen LogP contribution in [0.1, 0.15) is 0 Å². The van der Waals surface area contributed by atoms with Gasteiger partial charge in [0, 0.05) is 29.1 Å². The van der Waals surface area contributed by atoms with Crippen LogP contribution < -0.4 is 4.90 Å². The lowest BCUT2D eigenvalue weighted by molar-refractivity contribution is 0.930. The fourth-order valence-corrected chi connectivity index (χ4v) is 3.14. The first-order valence-electron chi connectivity index (χ1n) is 7.83. The molecular weight excluding hydrogens is 353 g/mol. The van der Waals surface area contributed by atoms with Gasteiger partial charge in [-0.1, -0.05) is 47.5 Å². The molecule has 0 aliphatic heterocycles. The van der Waals surface area contributed by atoms with Crippen molar-refractivity contribution in [3.05, 3.63) is 77.8 Å². The predicted molar refractivity (Wildman–Crippen MR) is 108 cm³/mol. The lowest BCUT2D eigenvalue weighted by atomic mass is 10.1. The van der Waals surface area contributed by atoms with Crippen LogP contribution in [-0.2, 0) is 0 Å². The summed E-state index contributed by atoms with van der Waals surface area (Å²) in [6.45, 7) is 8.98. The van der Waals surface area contributed by atoms with Gasteiger partial charge >= 0.3 is 0 Å². The molecule has 0 saturated heterocycles. The van der Waals surface area contributed by atoms with E-state index in [0.717, 1.165) is 22.3 Å². The highest BCUT2D eigenvalue weighted by molar-refractivity contribution is 6.36. The summed E-state index contributed by atoms with van der Waals surface area (Å²) in [5.41, 5.74) is 1.60. The molecule has 0 atom stereocenters. The van der Waals surface area contributed by atoms with Gasteiger partial charge in [-0.25, -0.2) is 9.97 Å². The lowest BCUT2D eigenvalue weighted by Gasteiger charge is -2.22. The summed E-state index contributed by atoms with van der Waals surface area (Å²) in [7, 11) is 0. The third-order valence-corrected chi connectivity index (χ3v) is 4.30. The highest BCUT2D eigenvalue weighted by Gasteiger charge is 2.15. The van der Waals surface area contributed by atoms with Crippen molar-refractivity contribution in [1.82, 2.24) is 9.97 Å². The number of hydrogen-bond acceptors (Lipinski definition) is 3. The molecule has 0 spiro atoms. The summed E-state index contributed by atoms with van der Waals surface area (Å²) in [4.78, 5) is 11.6. The van der Waals surface area contributed by atoms with Crippen LogP contribution in [0.2, 0.25) is 10.0 Å². The summed E-state index contributed by atoms with van der Waals surface area (Å²) in [6, 6.07) is 13.2. The van der Waals surface area contributed by atoms with Gasteiger partial charge in [-0.2, -0.15) is 0 Å². The van der Waals surface area contributed by atoms with Crippen molar-refractivity contribution in [2.75, 3.05) is 18.0 Å². The van der Waals surface area contributed by atoms with Gasteiger partial charge < -0.3 is 4.90 Å². The molecule has 0 saturated carbocycles. The number of rotatable bonds is 6. The number of hydrogen-bond donors (Lipinski definition) is 0. The van der Waals surface area contributed by atoms with Crippen LogP contribution in [0.5, 0.6) is 0 Å². The average molecular weight is 370 g/mol. The van der Waals surface area contributed by atoms with E-state index in [-0.39, 0.29) is 0 Å². The van der Waals surface area contributed by atoms with E-state index in [4.69, 9.17) is 28.2 Å². The summed E-state index contributed by atoms with van der Waals surface area (Å²) < 4.78 is 0. The van der Waals surface area contributed by atoms with Crippen molar-refractivity contribution < 1.29 is 0 Å². The van der Waals surface area contributed by atoms with E-state index in [1.165, 1.54) is 0 Å². The molecule has 0 aliphatic carbocycles. The van der Waals surface area contributed by atoms with E-state index >= 15 is 0 Å². The molecule has 0 bridgehead atoms. The quantitative estimate of drug-likeness (QED) is 0.515. The van der Waals surface area contributed by atoms with E-state index in [2.05, 4.69) is 23.0 Å². The molecule has 0 amide bonds. The minimum Gasteiger partial charge on any atom is -0.349 e. The molecule has 126 valence electrons. The number of halogens is 2. The van der Waals surface area contributed by atoms with Crippen molar-refractivity contribution >= 4 is 39.9 Å². The molecule has 25 heavy (non-hydrogen) atoms. The number of nitrogens with zero attached hydrogens (tertiary/aromatic N) is 3. The minimum absolute atomic E-state index is 0.521. The van der Waals surface area contributed by atoms with E-state index in [9.17, 15) is 0 Å². The number of para-hydroxylation sites is 1. The van der Waals surface area contributed by atoms with Crippen LogP contribution >= 0.6 is 23.2 Å². The Morgan fingerprint density at radius 3 is 2.36 bits per heavy atom. The van der Waals surface area contributed by atoms with E-state index in [1.807, 2.05) is 42.5 Å². The largest absolute Gasteiger partial charge is 0.349 e. The fourth-order valence-electron chi connectivity index (χ4n) is 2.65. The fraction of sp³-hybridized carbons (Fsp3) is 0.100. The molecule has 1 heterocycles. The molecule has 0 aliphatic rings. The average Bonchev–Trinajstić information content (AvgIpc) is 2.60. The summed E-state index contributed by atoms with van der Waals surface area (Å²) >= 11 is 12.4. The second kappa shape index (κ2) is 7.68. The van der Waals surface area contributed by atoms with Gasteiger partial charge in [0.1, 0.15) is 5.82 Å². The van der Waals surface area contributed by atoms with Gasteiger partial charge in [-0.3, -0.25) is 0 Å². The zero-order valence-corrected chi connectivity index (χ0v) is 15.1. The number of anilines is 1. The molecule has 0 unspecified atom stereocenters. The molecule has 5 heteroatoms. The number of fused-ring (bicyclic) bond motifs is 1. The van der Waals surface area contributed by atoms with Crippen LogP contribution in [-0.4, -0.2) is 23.1 Å². The molecule has 2 aromatic carbocycles. The molecule has 0 fully saturated rings. The maximum Gasteiger partial charge on any atom is 0.163 e. The maximum absolute atomic E-state index is 6.36. The van der Waals surface area contributed by atoms with Gasteiger partial charge in [-0.05, 0) is 30.3 Å². The molecule has 0 N–H and O–H groups in total. The number of benzene rings is 2. The first kappa shape index (κ1) is 17.5. The van der Waals surface area contributed by atoms with Gasteiger partial charge in [0.05, 0.1) is 10.5 Å². The topological polar surface area (TPSA) is 29.0 Å². The molecule has 1 aromatic heterocycles. The monoisotopic (exact) mass is 369 g/mol. The molecule has 3 nitrogen and oxygen atoms in total. The van der Waals surface area contributed by atoms with Crippen molar-refractivity contribution in [2.24, 2.45) is 0 Å². The third-order valence-electron chi connectivity index (χ3n) is 3.75. The van der Waals surface area contributed by atoms with E-state index in [0.29, 0.717) is 29.0 Å². The Balaban J connectivity index is 2.24. The van der Waals surface area contributed by atoms with Crippen LogP contribution in [0.3, 0.4) is 0 Å². The molecule has 0 radical (unpaired) electrons. The summed E-state index contributed by atoms with van der Waals surface area (Å²) in [5, 5.41) is 2.07. The Bertz CT molecular complexity index is 927. The zero-order chi connectivity index (χ0) is 17.8. The first-order chi connectivity index (χ1) is 12.1. The minimum atomic E-state index is 0.521. The Morgan fingerprint density at radius 1 is 0.960 bits per heavy atom. The lowest BCUT2D eigenvalue weighted by Crippen LogP contribution is -2.24. The highest BCUT2D eigenvalue weighted by atomic mass is 35.5. The van der Waals surface area contributed by atoms with Gasteiger partial charge in [-0.15, -0.1) is 13.2 Å². The Labute approximate surface area is 157 Å². The highest BCUT2D eigenvalue weighted by Crippen LogP contribution is 2.32. The van der Waals surface area contributed by atoms with Gasteiger partial charge in [0.15, 0.2) is 5.82 Å². The third kappa shape index (κ3) is 3.68. The summed E-state index contributed by atoms with van der Waals surface area (Å²) in [6.07, 6.45) is 3.69. The first-order valence-corrected chi connectivity index (χ1v) is 8.58. The van der Waals surface area contributed by atoms with Crippen molar-refractivity contribution in [2.45, 2.75) is 0 Å². The normalized spacial score (nSPS) is 10.6. The summed E-state index contributed by atoms with van der Waals surface area (Å²) in [5.74, 6) is 1.39. The van der Waals surface area contributed by atoms with Crippen molar-refractivity contribution in [1.29, 1.82) is 0 Å². The second-order valence-corrected chi connectivity index (χ2v) is 6.34. The smallest absolute Gasteiger partial charge is 0.163 e. The van der Waals surface area contributed by atoms with Crippen LogP contribution in [0.15, 0.2) is 67.8 Å². The van der Waals surface area contributed by atoms with E-state index in [1.54, 1.807) is 12.1 Å². The second-order valence-electron chi connectivity index (χ2n) is 5.49.